The van der Waals surface area contributed by atoms with Crippen LogP contribution in [0.25, 0.3) is 11.1 Å². The number of aromatic nitrogens is 1. The molecule has 0 saturated carbocycles. The number of ether oxygens (including phenoxy) is 1. The van der Waals surface area contributed by atoms with Gasteiger partial charge in [0.25, 0.3) is 0 Å². The molecule has 3 rings (SSSR count). The first-order chi connectivity index (χ1) is 10.1. The van der Waals surface area contributed by atoms with E-state index in [4.69, 9.17) is 22.1 Å². The van der Waals surface area contributed by atoms with Crippen LogP contribution in [0.2, 0.25) is 5.02 Å². The first-order valence-electron chi connectivity index (χ1n) is 6.04. The monoisotopic (exact) mass is 300 g/mol. The van der Waals surface area contributed by atoms with Crippen molar-refractivity contribution in [2.24, 2.45) is 0 Å². The van der Waals surface area contributed by atoms with Crippen LogP contribution in [0.5, 0.6) is 11.5 Å². The van der Waals surface area contributed by atoms with Gasteiger partial charge in [-0.1, -0.05) is 11.6 Å². The van der Waals surface area contributed by atoms with Gasteiger partial charge >= 0.3 is 0 Å². The lowest BCUT2D eigenvalue weighted by Gasteiger charge is -2.13. The van der Waals surface area contributed by atoms with Gasteiger partial charge < -0.3 is 10.5 Å². The van der Waals surface area contributed by atoms with Crippen LogP contribution < -0.4 is 21.3 Å². The van der Waals surface area contributed by atoms with Crippen LogP contribution in [-0.2, 0) is 0 Å². The SMILES string of the molecule is Nc1c(-c2ccc(Cl)cc2Oc2ccncc2)c(=O)c1=O. The predicted octanol–water partition coefficient (Wildman–Crippen LogP) is 2.37. The highest BCUT2D eigenvalue weighted by Gasteiger charge is 2.22. The van der Waals surface area contributed by atoms with Crippen LogP contribution in [0.4, 0.5) is 5.69 Å². The fraction of sp³-hybridized carbons (Fsp3) is 0. The van der Waals surface area contributed by atoms with Gasteiger partial charge in [0.05, 0.1) is 11.3 Å². The van der Waals surface area contributed by atoms with E-state index in [2.05, 4.69) is 4.98 Å². The van der Waals surface area contributed by atoms with Crippen molar-refractivity contribution < 1.29 is 4.74 Å². The zero-order valence-corrected chi connectivity index (χ0v) is 11.4. The molecule has 2 aromatic carbocycles. The molecular weight excluding hydrogens is 292 g/mol. The summed E-state index contributed by atoms with van der Waals surface area (Å²) in [5.74, 6) is 0.887. The lowest BCUT2D eigenvalue weighted by Crippen LogP contribution is -2.35. The van der Waals surface area contributed by atoms with E-state index in [1.54, 1.807) is 42.7 Å². The number of nitrogens with zero attached hydrogens (tertiary/aromatic N) is 1. The number of nitrogen functional groups attached to an aromatic ring is 1. The highest BCUT2D eigenvalue weighted by atomic mass is 35.5. The molecule has 2 N–H and O–H groups in total. The summed E-state index contributed by atoms with van der Waals surface area (Å²) in [5.41, 5.74) is 4.87. The number of pyridine rings is 1. The van der Waals surface area contributed by atoms with Gasteiger partial charge in [-0.25, -0.2) is 0 Å². The summed E-state index contributed by atoms with van der Waals surface area (Å²) in [5, 5.41) is 0.445. The van der Waals surface area contributed by atoms with Gasteiger partial charge in [0, 0.05) is 29.0 Å². The Labute approximate surface area is 124 Å². The molecule has 0 fully saturated rings. The molecule has 0 amide bonds. The van der Waals surface area contributed by atoms with Crippen molar-refractivity contribution in [2.45, 2.75) is 0 Å². The molecule has 1 heterocycles. The molecule has 0 aliphatic rings. The Morgan fingerprint density at radius 2 is 1.76 bits per heavy atom. The number of rotatable bonds is 3. The highest BCUT2D eigenvalue weighted by molar-refractivity contribution is 6.30. The second kappa shape index (κ2) is 5.03. The Hall–Kier alpha value is -2.66. The van der Waals surface area contributed by atoms with Crippen LogP contribution in [0.1, 0.15) is 0 Å². The Morgan fingerprint density at radius 1 is 1.05 bits per heavy atom. The average Bonchev–Trinajstić information content (AvgIpc) is 2.50. The molecule has 0 spiro atoms. The molecular formula is C15H9ClN2O3. The molecule has 104 valence electrons. The van der Waals surface area contributed by atoms with Crippen LogP contribution in [0.15, 0.2) is 52.3 Å². The van der Waals surface area contributed by atoms with E-state index in [9.17, 15) is 9.59 Å². The van der Waals surface area contributed by atoms with Gasteiger partial charge in [-0.15, -0.1) is 0 Å². The van der Waals surface area contributed by atoms with Crippen molar-refractivity contribution in [3.05, 3.63) is 68.2 Å². The van der Waals surface area contributed by atoms with Crippen LogP contribution in [-0.4, -0.2) is 4.98 Å². The normalized spacial score (nSPS) is 10.7. The summed E-state index contributed by atoms with van der Waals surface area (Å²) < 4.78 is 5.70. The zero-order valence-electron chi connectivity index (χ0n) is 10.7. The van der Waals surface area contributed by atoms with Gasteiger partial charge in [-0.3, -0.25) is 14.6 Å². The van der Waals surface area contributed by atoms with Crippen LogP contribution in [0, 0.1) is 0 Å². The quantitative estimate of drug-likeness (QED) is 0.751. The Bertz CT molecular complexity index is 884. The fourth-order valence-corrected chi connectivity index (χ4v) is 2.16. The molecule has 21 heavy (non-hydrogen) atoms. The van der Waals surface area contributed by atoms with E-state index in [-0.39, 0.29) is 11.3 Å². The molecule has 3 aromatic rings. The number of benzene rings is 1. The Balaban J connectivity index is 2.10. The summed E-state index contributed by atoms with van der Waals surface area (Å²) in [6.45, 7) is 0. The molecule has 0 radical (unpaired) electrons. The zero-order chi connectivity index (χ0) is 15.0. The number of hydrogen-bond acceptors (Lipinski definition) is 5. The second-order valence-corrected chi connectivity index (χ2v) is 4.81. The molecule has 0 aliphatic carbocycles. The van der Waals surface area contributed by atoms with Crippen molar-refractivity contribution in [1.82, 2.24) is 4.98 Å². The standard InChI is InChI=1S/C15H9ClN2O3/c16-8-1-2-10(12-13(17)15(20)14(12)19)11(7-8)21-9-3-5-18-6-4-9/h1-7H,17H2. The van der Waals surface area contributed by atoms with Crippen molar-refractivity contribution in [3.8, 4) is 22.6 Å². The average molecular weight is 301 g/mol. The van der Waals surface area contributed by atoms with Crippen molar-refractivity contribution in [3.63, 3.8) is 0 Å². The summed E-state index contributed by atoms with van der Waals surface area (Å²) in [7, 11) is 0. The van der Waals surface area contributed by atoms with Gasteiger partial charge in [-0.05, 0) is 24.3 Å². The molecule has 5 nitrogen and oxygen atoms in total. The number of anilines is 1. The highest BCUT2D eigenvalue weighted by Crippen LogP contribution is 2.36. The van der Waals surface area contributed by atoms with E-state index in [1.165, 1.54) is 0 Å². The molecule has 0 saturated heterocycles. The van der Waals surface area contributed by atoms with Crippen molar-refractivity contribution in [2.75, 3.05) is 5.73 Å². The second-order valence-electron chi connectivity index (χ2n) is 4.37. The number of halogens is 1. The maximum atomic E-state index is 11.7. The lowest BCUT2D eigenvalue weighted by atomic mass is 9.98. The molecule has 6 heteroatoms. The van der Waals surface area contributed by atoms with E-state index in [0.29, 0.717) is 22.1 Å². The van der Waals surface area contributed by atoms with E-state index in [0.717, 1.165) is 0 Å². The summed E-state index contributed by atoms with van der Waals surface area (Å²) in [6, 6.07) is 8.10. The maximum Gasteiger partial charge on any atom is 0.249 e. The van der Waals surface area contributed by atoms with Crippen molar-refractivity contribution in [1.29, 1.82) is 0 Å². The summed E-state index contributed by atoms with van der Waals surface area (Å²) >= 11 is 5.96. The van der Waals surface area contributed by atoms with Crippen molar-refractivity contribution >= 4 is 17.3 Å². The van der Waals surface area contributed by atoms with Gasteiger partial charge in [0.15, 0.2) is 0 Å². The van der Waals surface area contributed by atoms with Gasteiger partial charge in [-0.2, -0.15) is 0 Å². The van der Waals surface area contributed by atoms with Crippen LogP contribution >= 0.6 is 11.6 Å². The third kappa shape index (κ3) is 2.28. The number of nitrogens with two attached hydrogens (primary N) is 1. The van der Waals surface area contributed by atoms with Gasteiger partial charge in [0.2, 0.25) is 10.9 Å². The van der Waals surface area contributed by atoms with Crippen LogP contribution in [0.3, 0.4) is 0 Å². The third-order valence-corrected chi connectivity index (χ3v) is 3.27. The lowest BCUT2D eigenvalue weighted by molar-refractivity contribution is 0.483. The predicted molar refractivity (Wildman–Crippen MR) is 80.5 cm³/mol. The molecule has 0 unspecified atom stereocenters. The Kier molecular flexibility index (Phi) is 3.19. The molecule has 0 aliphatic heterocycles. The molecule has 0 bridgehead atoms. The maximum absolute atomic E-state index is 11.7. The third-order valence-electron chi connectivity index (χ3n) is 3.04. The Morgan fingerprint density at radius 3 is 2.43 bits per heavy atom. The van der Waals surface area contributed by atoms with E-state index in [1.807, 2.05) is 0 Å². The number of hydrogen-bond donors (Lipinski definition) is 1. The topological polar surface area (TPSA) is 82.3 Å². The first-order valence-corrected chi connectivity index (χ1v) is 6.42. The van der Waals surface area contributed by atoms with E-state index >= 15 is 0 Å². The minimum atomic E-state index is -0.671. The minimum Gasteiger partial charge on any atom is -0.457 e. The molecule has 0 atom stereocenters. The smallest absolute Gasteiger partial charge is 0.249 e. The van der Waals surface area contributed by atoms with E-state index < -0.39 is 10.9 Å². The van der Waals surface area contributed by atoms with Gasteiger partial charge in [0.1, 0.15) is 11.5 Å². The summed E-state index contributed by atoms with van der Waals surface area (Å²) in [4.78, 5) is 26.8. The fourth-order valence-electron chi connectivity index (χ4n) is 2.00. The summed E-state index contributed by atoms with van der Waals surface area (Å²) in [6.07, 6.45) is 3.15. The minimum absolute atomic E-state index is 0.0538. The molecule has 1 aromatic heterocycles. The first kappa shape index (κ1) is 13.3. The largest absolute Gasteiger partial charge is 0.457 e.